The summed E-state index contributed by atoms with van der Waals surface area (Å²) in [6.45, 7) is 1.89. The molecule has 0 spiro atoms. The number of benzene rings is 2. The van der Waals surface area contributed by atoms with Crippen molar-refractivity contribution in [2.45, 2.75) is 6.92 Å². The first kappa shape index (κ1) is 16.3. The Bertz CT molecular complexity index is 1020. The smallest absolute Gasteiger partial charge is 0.267 e. The molecule has 1 heterocycles. The molecule has 0 saturated carbocycles. The first-order valence-electron chi connectivity index (χ1n) is 7.69. The van der Waals surface area contributed by atoms with Crippen molar-refractivity contribution in [3.05, 3.63) is 81.8 Å². The van der Waals surface area contributed by atoms with Gasteiger partial charge in [0.05, 0.1) is 11.6 Å². The van der Waals surface area contributed by atoms with Crippen LogP contribution in [0.1, 0.15) is 23.0 Å². The number of allylic oxidation sites excluding steroid dienone is 1. The van der Waals surface area contributed by atoms with Crippen LogP contribution in [0, 0.1) is 0 Å². The van der Waals surface area contributed by atoms with Gasteiger partial charge in [0.2, 0.25) is 0 Å². The minimum Gasteiger partial charge on any atom is -0.267 e. The molecule has 0 aliphatic carbocycles. The molecule has 6 heteroatoms. The molecule has 1 amide bonds. The lowest BCUT2D eigenvalue weighted by Crippen LogP contribution is -2.22. The summed E-state index contributed by atoms with van der Waals surface area (Å²) in [4.78, 5) is 24.0. The fraction of sp³-hybridized carbons (Fsp3) is 0.0526. The predicted molar refractivity (Wildman–Crippen MR) is 98.4 cm³/mol. The van der Waals surface area contributed by atoms with Crippen LogP contribution in [0.4, 0.5) is 0 Å². The third-order valence-corrected chi connectivity index (χ3v) is 3.54. The van der Waals surface area contributed by atoms with Crippen molar-refractivity contribution in [1.82, 2.24) is 15.6 Å². The Morgan fingerprint density at radius 1 is 1.08 bits per heavy atom. The zero-order valence-electron chi connectivity index (χ0n) is 13.6. The van der Waals surface area contributed by atoms with E-state index in [1.54, 1.807) is 30.5 Å². The predicted octanol–water partition coefficient (Wildman–Crippen LogP) is 2.74. The van der Waals surface area contributed by atoms with Crippen molar-refractivity contribution in [3.63, 3.8) is 0 Å². The van der Waals surface area contributed by atoms with E-state index in [9.17, 15) is 9.59 Å². The van der Waals surface area contributed by atoms with Gasteiger partial charge in [-0.3, -0.25) is 9.59 Å². The van der Waals surface area contributed by atoms with E-state index in [-0.39, 0.29) is 11.3 Å². The van der Waals surface area contributed by atoms with Crippen LogP contribution in [0.2, 0.25) is 0 Å². The van der Waals surface area contributed by atoms with Gasteiger partial charge in [0.1, 0.15) is 0 Å². The Balaban J connectivity index is 1.76. The summed E-state index contributed by atoms with van der Waals surface area (Å²) < 4.78 is 0. The number of nitrogens with zero attached hydrogens (tertiary/aromatic N) is 2. The summed E-state index contributed by atoms with van der Waals surface area (Å²) in [6.07, 6.45) is 3.50. The van der Waals surface area contributed by atoms with Gasteiger partial charge in [0.15, 0.2) is 5.69 Å². The molecule has 2 aromatic carbocycles. The Hall–Kier alpha value is -3.54. The van der Waals surface area contributed by atoms with E-state index in [0.717, 1.165) is 11.1 Å². The molecule has 0 aliphatic heterocycles. The number of carbonyl (C=O) groups excluding carboxylic acids is 1. The maximum Gasteiger partial charge on any atom is 0.292 e. The zero-order chi connectivity index (χ0) is 17.6. The van der Waals surface area contributed by atoms with Crippen LogP contribution in [-0.2, 0) is 0 Å². The third kappa shape index (κ3) is 3.87. The molecule has 124 valence electrons. The van der Waals surface area contributed by atoms with Gasteiger partial charge in [-0.15, -0.1) is 0 Å². The molecule has 0 unspecified atom stereocenters. The highest BCUT2D eigenvalue weighted by Crippen LogP contribution is 2.12. The van der Waals surface area contributed by atoms with E-state index in [2.05, 4.69) is 20.7 Å². The van der Waals surface area contributed by atoms with Gasteiger partial charge in [0, 0.05) is 5.39 Å². The molecule has 2 N–H and O–H groups in total. The van der Waals surface area contributed by atoms with Crippen LogP contribution in [0.15, 0.2) is 70.1 Å². The standard InChI is InChI=1S/C19H16N4O2/c1-13(11-14-7-3-2-4-8-14)12-20-22-19(25)17-15-9-5-6-10-16(15)18(24)23-21-17/h2-12H,1H3,(H,22,25)(H,23,24)/b13-11+,20-12-. The molecule has 25 heavy (non-hydrogen) atoms. The van der Waals surface area contributed by atoms with Gasteiger partial charge in [-0.05, 0) is 24.1 Å². The van der Waals surface area contributed by atoms with Gasteiger partial charge in [-0.2, -0.15) is 10.2 Å². The highest BCUT2D eigenvalue weighted by molar-refractivity contribution is 6.04. The molecule has 1 aromatic heterocycles. The second-order valence-electron chi connectivity index (χ2n) is 5.45. The number of hydrazone groups is 1. The maximum atomic E-state index is 12.3. The lowest BCUT2D eigenvalue weighted by atomic mass is 10.1. The van der Waals surface area contributed by atoms with E-state index in [1.165, 1.54) is 0 Å². The first-order chi connectivity index (χ1) is 12.1. The summed E-state index contributed by atoms with van der Waals surface area (Å²) >= 11 is 0. The fourth-order valence-corrected chi connectivity index (χ4v) is 2.38. The number of rotatable bonds is 4. The lowest BCUT2D eigenvalue weighted by molar-refractivity contribution is 0.0951. The second kappa shape index (κ2) is 7.35. The second-order valence-corrected chi connectivity index (χ2v) is 5.45. The Morgan fingerprint density at radius 3 is 2.52 bits per heavy atom. The molecule has 6 nitrogen and oxygen atoms in total. The van der Waals surface area contributed by atoms with Gasteiger partial charge < -0.3 is 0 Å². The van der Waals surface area contributed by atoms with Crippen LogP contribution in [0.5, 0.6) is 0 Å². The number of amides is 1. The van der Waals surface area contributed by atoms with Gasteiger partial charge in [0.25, 0.3) is 11.5 Å². The van der Waals surface area contributed by atoms with E-state index in [0.29, 0.717) is 10.8 Å². The van der Waals surface area contributed by atoms with Crippen molar-refractivity contribution < 1.29 is 4.79 Å². The Labute approximate surface area is 143 Å². The number of hydrogen-bond acceptors (Lipinski definition) is 4. The largest absolute Gasteiger partial charge is 0.292 e. The molecule has 0 radical (unpaired) electrons. The number of hydrogen-bond donors (Lipinski definition) is 2. The number of carbonyl (C=O) groups is 1. The van der Waals surface area contributed by atoms with Crippen LogP contribution in [-0.4, -0.2) is 22.3 Å². The molecule has 3 aromatic rings. The molecule has 0 saturated heterocycles. The fourth-order valence-electron chi connectivity index (χ4n) is 2.38. The van der Waals surface area contributed by atoms with E-state index in [1.807, 2.05) is 43.3 Å². The normalized spacial score (nSPS) is 11.8. The van der Waals surface area contributed by atoms with Crippen molar-refractivity contribution in [3.8, 4) is 0 Å². The summed E-state index contributed by atoms with van der Waals surface area (Å²) in [5, 5.41) is 11.0. The number of nitrogens with one attached hydrogen (secondary N) is 2. The highest BCUT2D eigenvalue weighted by atomic mass is 16.2. The number of H-pyrrole nitrogens is 1. The summed E-state index contributed by atoms with van der Waals surface area (Å²) in [7, 11) is 0. The van der Waals surface area contributed by atoms with E-state index in [4.69, 9.17) is 0 Å². The van der Waals surface area contributed by atoms with Crippen molar-refractivity contribution in [2.24, 2.45) is 5.10 Å². The van der Waals surface area contributed by atoms with E-state index < -0.39 is 5.91 Å². The van der Waals surface area contributed by atoms with Crippen molar-refractivity contribution in [1.29, 1.82) is 0 Å². The van der Waals surface area contributed by atoms with Gasteiger partial charge in [-0.25, -0.2) is 10.5 Å². The molecule has 0 bridgehead atoms. The SMILES string of the molecule is CC(/C=N\NC(=O)c1n[nH]c(=O)c2ccccc12)=C\c1ccccc1. The van der Waals surface area contributed by atoms with Crippen molar-refractivity contribution >= 4 is 29.0 Å². The Morgan fingerprint density at radius 2 is 1.76 bits per heavy atom. The average Bonchev–Trinajstić information content (AvgIpc) is 2.63. The average molecular weight is 332 g/mol. The monoisotopic (exact) mass is 332 g/mol. The van der Waals surface area contributed by atoms with Gasteiger partial charge >= 0.3 is 0 Å². The minimum atomic E-state index is -0.490. The van der Waals surface area contributed by atoms with Crippen LogP contribution in [0.3, 0.4) is 0 Å². The first-order valence-corrected chi connectivity index (χ1v) is 7.69. The molecule has 0 fully saturated rings. The number of aromatic amines is 1. The molecule has 3 rings (SSSR count). The number of aromatic nitrogens is 2. The lowest BCUT2D eigenvalue weighted by Gasteiger charge is -2.03. The molecular weight excluding hydrogens is 316 g/mol. The quantitative estimate of drug-likeness (QED) is 0.569. The van der Waals surface area contributed by atoms with Gasteiger partial charge in [-0.1, -0.05) is 54.6 Å². The maximum absolute atomic E-state index is 12.3. The summed E-state index contributed by atoms with van der Waals surface area (Å²) in [5.41, 5.74) is 4.15. The molecule has 0 atom stereocenters. The molecule has 0 aliphatic rings. The minimum absolute atomic E-state index is 0.122. The summed E-state index contributed by atoms with van der Waals surface area (Å²) in [6, 6.07) is 16.6. The van der Waals surface area contributed by atoms with Crippen molar-refractivity contribution in [2.75, 3.05) is 0 Å². The number of fused-ring (bicyclic) bond motifs is 1. The van der Waals surface area contributed by atoms with Crippen LogP contribution >= 0.6 is 0 Å². The summed E-state index contributed by atoms with van der Waals surface area (Å²) in [5.74, 6) is -0.490. The highest BCUT2D eigenvalue weighted by Gasteiger charge is 2.12. The van der Waals surface area contributed by atoms with Crippen LogP contribution < -0.4 is 11.0 Å². The third-order valence-electron chi connectivity index (χ3n) is 3.54. The van der Waals surface area contributed by atoms with Crippen LogP contribution in [0.25, 0.3) is 16.8 Å². The van der Waals surface area contributed by atoms with E-state index >= 15 is 0 Å². The topological polar surface area (TPSA) is 87.2 Å². The molecular formula is C19H16N4O2. The zero-order valence-corrected chi connectivity index (χ0v) is 13.6. The Kier molecular flexibility index (Phi) is 4.80.